The molecular formula is C15H13NO3S2. The van der Waals surface area contributed by atoms with Crippen molar-refractivity contribution >= 4 is 46.3 Å². The molecule has 1 fully saturated rings. The van der Waals surface area contributed by atoms with Gasteiger partial charge in [-0.3, -0.25) is 14.5 Å². The molecule has 4 nitrogen and oxygen atoms in total. The van der Waals surface area contributed by atoms with Crippen LogP contribution in [0.15, 0.2) is 46.9 Å². The van der Waals surface area contributed by atoms with E-state index in [1.54, 1.807) is 0 Å². The van der Waals surface area contributed by atoms with Gasteiger partial charge in [-0.1, -0.05) is 66.5 Å². The lowest BCUT2D eigenvalue weighted by Gasteiger charge is -2.10. The maximum Gasteiger partial charge on any atom is 0.323 e. The Balaban J connectivity index is 2.20. The molecule has 0 radical (unpaired) electrons. The minimum Gasteiger partial charge on any atom is -0.480 e. The minimum atomic E-state index is -1.08. The number of allylic oxidation sites excluding steroid dienone is 2. The van der Waals surface area contributed by atoms with E-state index in [9.17, 15) is 9.59 Å². The third kappa shape index (κ3) is 3.80. The molecule has 1 aromatic rings. The molecule has 0 aliphatic carbocycles. The first-order valence-electron chi connectivity index (χ1n) is 6.18. The Kier molecular flexibility index (Phi) is 4.93. The number of aliphatic carboxylic acids is 1. The highest BCUT2D eigenvalue weighted by Gasteiger charge is 2.34. The fourth-order valence-corrected chi connectivity index (χ4v) is 3.03. The molecule has 21 heavy (non-hydrogen) atoms. The number of benzene rings is 1. The lowest BCUT2D eigenvalue weighted by Crippen LogP contribution is -2.33. The van der Waals surface area contributed by atoms with Crippen LogP contribution in [-0.4, -0.2) is 32.7 Å². The van der Waals surface area contributed by atoms with Gasteiger partial charge < -0.3 is 5.11 Å². The van der Waals surface area contributed by atoms with Gasteiger partial charge in [0.25, 0.3) is 5.91 Å². The van der Waals surface area contributed by atoms with E-state index >= 15 is 0 Å². The van der Waals surface area contributed by atoms with E-state index in [0.29, 0.717) is 4.91 Å². The van der Waals surface area contributed by atoms with Crippen LogP contribution in [0.4, 0.5) is 0 Å². The Morgan fingerprint density at radius 2 is 2.05 bits per heavy atom. The van der Waals surface area contributed by atoms with Crippen molar-refractivity contribution in [2.45, 2.75) is 6.92 Å². The van der Waals surface area contributed by atoms with Gasteiger partial charge >= 0.3 is 5.97 Å². The summed E-state index contributed by atoms with van der Waals surface area (Å²) >= 11 is 6.20. The van der Waals surface area contributed by atoms with E-state index in [4.69, 9.17) is 17.3 Å². The molecule has 1 amide bonds. The van der Waals surface area contributed by atoms with E-state index in [0.717, 1.165) is 27.8 Å². The van der Waals surface area contributed by atoms with Gasteiger partial charge in [0, 0.05) is 0 Å². The predicted molar refractivity (Wildman–Crippen MR) is 87.7 cm³/mol. The van der Waals surface area contributed by atoms with Crippen molar-refractivity contribution in [3.05, 3.63) is 52.4 Å². The zero-order chi connectivity index (χ0) is 15.4. The van der Waals surface area contributed by atoms with Gasteiger partial charge in [0.15, 0.2) is 0 Å². The highest BCUT2D eigenvalue weighted by Crippen LogP contribution is 2.33. The van der Waals surface area contributed by atoms with Crippen LogP contribution < -0.4 is 0 Å². The molecule has 1 aliphatic heterocycles. The number of amides is 1. The van der Waals surface area contributed by atoms with Crippen LogP contribution in [0.2, 0.25) is 0 Å². The molecule has 1 heterocycles. The van der Waals surface area contributed by atoms with Crippen LogP contribution in [-0.2, 0) is 9.59 Å². The van der Waals surface area contributed by atoms with Gasteiger partial charge in [-0.15, -0.1) is 0 Å². The molecule has 0 unspecified atom stereocenters. The van der Waals surface area contributed by atoms with E-state index in [1.165, 1.54) is 0 Å². The lowest BCUT2D eigenvalue weighted by atomic mass is 10.1. The first-order valence-corrected chi connectivity index (χ1v) is 7.41. The number of carbonyl (C=O) groups is 2. The molecule has 6 heteroatoms. The minimum absolute atomic E-state index is 0.282. The second-order valence-corrected chi connectivity index (χ2v) is 6.05. The standard InChI is InChI=1S/C15H13NO3S2/c1-10(7-8-11-5-3-2-4-6-11)13-14(19)16(9-12(17)18)15(20)21-13/h2-8H,9H2,1H3,(H,17,18)/b8-7+,13-10+. The van der Waals surface area contributed by atoms with Crippen LogP contribution in [0.5, 0.6) is 0 Å². The first kappa shape index (κ1) is 15.5. The summed E-state index contributed by atoms with van der Waals surface area (Å²) in [6.07, 6.45) is 3.74. The zero-order valence-corrected chi connectivity index (χ0v) is 12.9. The maximum absolute atomic E-state index is 12.2. The van der Waals surface area contributed by atoms with Crippen molar-refractivity contribution in [2.24, 2.45) is 0 Å². The molecule has 1 aromatic carbocycles. The number of hydrogen-bond acceptors (Lipinski definition) is 4. The van der Waals surface area contributed by atoms with Crippen molar-refractivity contribution in [3.8, 4) is 0 Å². The SMILES string of the molecule is CC(/C=C/c1ccccc1)=C1\SC(=S)N(CC(=O)O)C1=O. The van der Waals surface area contributed by atoms with Crippen LogP contribution in [0.1, 0.15) is 12.5 Å². The maximum atomic E-state index is 12.2. The summed E-state index contributed by atoms with van der Waals surface area (Å²) in [5.74, 6) is -1.42. The number of nitrogens with zero attached hydrogens (tertiary/aromatic N) is 1. The Morgan fingerprint density at radius 1 is 1.38 bits per heavy atom. The molecule has 0 spiro atoms. The third-order valence-corrected chi connectivity index (χ3v) is 4.39. The second kappa shape index (κ2) is 6.69. The quantitative estimate of drug-likeness (QED) is 0.683. The number of rotatable bonds is 4. The van der Waals surface area contributed by atoms with E-state index in [1.807, 2.05) is 49.4 Å². The van der Waals surface area contributed by atoms with Crippen molar-refractivity contribution in [1.82, 2.24) is 4.90 Å². The Bertz CT molecular complexity index is 650. The number of hydrogen-bond donors (Lipinski definition) is 1. The molecule has 0 aromatic heterocycles. The normalized spacial score (nSPS) is 17.7. The number of thiocarbonyl (C=S) groups is 1. The van der Waals surface area contributed by atoms with Crippen LogP contribution in [0.25, 0.3) is 6.08 Å². The fraction of sp³-hybridized carbons (Fsp3) is 0.133. The summed E-state index contributed by atoms with van der Waals surface area (Å²) < 4.78 is 0.282. The van der Waals surface area contributed by atoms with Gasteiger partial charge in [-0.2, -0.15) is 0 Å². The predicted octanol–water partition coefficient (Wildman–Crippen LogP) is 2.92. The van der Waals surface area contributed by atoms with Crippen molar-refractivity contribution < 1.29 is 14.7 Å². The van der Waals surface area contributed by atoms with E-state index in [2.05, 4.69) is 0 Å². The summed E-state index contributed by atoms with van der Waals surface area (Å²) in [6, 6.07) is 9.71. The van der Waals surface area contributed by atoms with E-state index < -0.39 is 12.5 Å². The second-order valence-electron chi connectivity index (χ2n) is 4.41. The molecule has 0 saturated carbocycles. The zero-order valence-electron chi connectivity index (χ0n) is 11.3. The fourth-order valence-electron chi connectivity index (χ4n) is 1.77. The molecule has 2 rings (SSSR count). The molecule has 0 bridgehead atoms. The number of thioether (sulfide) groups is 1. The van der Waals surface area contributed by atoms with Crippen molar-refractivity contribution in [2.75, 3.05) is 6.54 Å². The molecule has 1 saturated heterocycles. The summed E-state index contributed by atoms with van der Waals surface area (Å²) in [7, 11) is 0. The highest BCUT2D eigenvalue weighted by atomic mass is 32.2. The van der Waals surface area contributed by atoms with Crippen molar-refractivity contribution in [1.29, 1.82) is 0 Å². The van der Waals surface area contributed by atoms with E-state index in [-0.39, 0.29) is 10.2 Å². The van der Waals surface area contributed by atoms with Crippen LogP contribution >= 0.6 is 24.0 Å². The number of carboxylic acid groups (broad SMARTS) is 1. The lowest BCUT2D eigenvalue weighted by molar-refractivity contribution is -0.140. The van der Waals surface area contributed by atoms with Crippen LogP contribution in [0, 0.1) is 0 Å². The summed E-state index contributed by atoms with van der Waals surface area (Å²) in [4.78, 5) is 24.5. The number of carboxylic acids is 1. The average molecular weight is 319 g/mol. The summed E-state index contributed by atoms with van der Waals surface area (Å²) in [5, 5.41) is 8.79. The Labute approximate surface area is 132 Å². The average Bonchev–Trinajstić information content (AvgIpc) is 2.73. The summed E-state index contributed by atoms with van der Waals surface area (Å²) in [6.45, 7) is 1.41. The third-order valence-electron chi connectivity index (χ3n) is 2.83. The summed E-state index contributed by atoms with van der Waals surface area (Å²) in [5.41, 5.74) is 1.79. The van der Waals surface area contributed by atoms with Gasteiger partial charge in [0.2, 0.25) is 0 Å². The molecule has 1 aliphatic rings. The van der Waals surface area contributed by atoms with Crippen molar-refractivity contribution in [3.63, 3.8) is 0 Å². The van der Waals surface area contributed by atoms with Gasteiger partial charge in [0.1, 0.15) is 10.9 Å². The monoisotopic (exact) mass is 319 g/mol. The highest BCUT2D eigenvalue weighted by molar-refractivity contribution is 8.26. The van der Waals surface area contributed by atoms with Crippen LogP contribution in [0.3, 0.4) is 0 Å². The Morgan fingerprint density at radius 3 is 2.67 bits per heavy atom. The largest absolute Gasteiger partial charge is 0.480 e. The van der Waals surface area contributed by atoms with Gasteiger partial charge in [0.05, 0.1) is 4.91 Å². The molecule has 0 atom stereocenters. The molecular weight excluding hydrogens is 306 g/mol. The molecule has 108 valence electrons. The van der Waals surface area contributed by atoms with Gasteiger partial charge in [-0.05, 0) is 18.1 Å². The molecule has 1 N–H and O–H groups in total. The Hall–Kier alpha value is -1.92. The smallest absolute Gasteiger partial charge is 0.323 e. The topological polar surface area (TPSA) is 57.6 Å². The first-order chi connectivity index (χ1) is 9.99. The van der Waals surface area contributed by atoms with Gasteiger partial charge in [-0.25, -0.2) is 0 Å². The number of carbonyl (C=O) groups excluding carboxylic acids is 1.